The van der Waals surface area contributed by atoms with Crippen LogP contribution >= 0.6 is 0 Å². The minimum atomic E-state index is -0.0939. The lowest BCUT2D eigenvalue weighted by molar-refractivity contribution is -0.0545. The fourth-order valence-electron chi connectivity index (χ4n) is 7.76. The first-order chi connectivity index (χ1) is 11.4. The Hall–Kier alpha value is -0.700. The summed E-state index contributed by atoms with van der Waals surface area (Å²) in [7, 11) is 0. The van der Waals surface area contributed by atoms with Gasteiger partial charge in [0, 0.05) is 5.92 Å². The van der Waals surface area contributed by atoms with Crippen LogP contribution in [0.1, 0.15) is 72.1 Å². The SMILES string of the molecule is CC1([C@H]2CC[C@H]3[C@@H]4CC=C5C[C@@H](O)CC[C@]5(C)[C@H]4CC[C@]23C)N=N1. The van der Waals surface area contributed by atoms with Crippen molar-refractivity contribution in [2.24, 2.45) is 44.7 Å². The summed E-state index contributed by atoms with van der Waals surface area (Å²) < 4.78 is 0. The molecule has 1 N–H and O–H groups in total. The standard InChI is InChI=1S/C21H32N2O/c1-19-10-8-14(24)12-13(19)4-5-15-16-6-7-18(21(3)22-23-21)20(16,2)11-9-17(15)19/h4,14-18,24H,5-12H2,1-3H3/t14-,15-,16-,17-,18-,19-,20-/m0/s1. The Kier molecular flexibility index (Phi) is 3.06. The van der Waals surface area contributed by atoms with Gasteiger partial charge in [-0.3, -0.25) is 0 Å². The number of aliphatic hydroxyl groups is 1. The molecule has 0 saturated heterocycles. The third-order valence-corrected chi connectivity index (χ3v) is 9.15. The molecule has 0 spiro atoms. The molecule has 5 aliphatic rings. The third kappa shape index (κ3) is 1.88. The van der Waals surface area contributed by atoms with E-state index in [0.29, 0.717) is 16.7 Å². The monoisotopic (exact) mass is 328 g/mol. The van der Waals surface area contributed by atoms with E-state index in [1.54, 1.807) is 5.57 Å². The van der Waals surface area contributed by atoms with Crippen molar-refractivity contribution in [2.75, 3.05) is 0 Å². The first kappa shape index (κ1) is 15.5. The second kappa shape index (κ2) is 4.72. The highest BCUT2D eigenvalue weighted by atomic mass is 16.3. The molecule has 132 valence electrons. The van der Waals surface area contributed by atoms with Crippen LogP contribution in [0.2, 0.25) is 0 Å². The smallest absolute Gasteiger partial charge is 0.191 e. The normalized spacial score (nSPS) is 54.5. The van der Waals surface area contributed by atoms with Crippen molar-refractivity contribution in [1.29, 1.82) is 0 Å². The largest absolute Gasteiger partial charge is 0.393 e. The van der Waals surface area contributed by atoms with Crippen molar-refractivity contribution in [3.8, 4) is 0 Å². The van der Waals surface area contributed by atoms with E-state index in [9.17, 15) is 5.11 Å². The lowest BCUT2D eigenvalue weighted by Gasteiger charge is -2.58. The minimum absolute atomic E-state index is 0.0507. The average molecular weight is 329 g/mol. The van der Waals surface area contributed by atoms with Gasteiger partial charge in [-0.05, 0) is 86.9 Å². The van der Waals surface area contributed by atoms with Crippen LogP contribution in [0.3, 0.4) is 0 Å². The second-order valence-electron chi connectivity index (χ2n) is 10.1. The molecule has 3 nitrogen and oxygen atoms in total. The Labute approximate surface area is 146 Å². The summed E-state index contributed by atoms with van der Waals surface area (Å²) in [5.41, 5.74) is 2.33. The zero-order chi connectivity index (χ0) is 16.7. The van der Waals surface area contributed by atoms with Gasteiger partial charge in [0.15, 0.2) is 5.66 Å². The van der Waals surface area contributed by atoms with Gasteiger partial charge in [0.1, 0.15) is 0 Å². The predicted octanol–water partition coefficient (Wildman–Crippen LogP) is 5.11. The fraction of sp³-hybridized carbons (Fsp3) is 0.905. The number of hydrogen-bond acceptors (Lipinski definition) is 3. The third-order valence-electron chi connectivity index (χ3n) is 9.15. The summed E-state index contributed by atoms with van der Waals surface area (Å²) in [6.45, 7) is 7.33. The molecular formula is C21H32N2O. The molecule has 5 rings (SSSR count). The molecule has 0 radical (unpaired) electrons. The number of aliphatic hydroxyl groups excluding tert-OH is 1. The molecule has 3 fully saturated rings. The van der Waals surface area contributed by atoms with Gasteiger partial charge in [-0.25, -0.2) is 0 Å². The molecule has 1 aliphatic heterocycles. The molecular weight excluding hydrogens is 296 g/mol. The Balaban J connectivity index is 1.47. The van der Waals surface area contributed by atoms with E-state index in [4.69, 9.17) is 0 Å². The Morgan fingerprint density at radius 3 is 2.54 bits per heavy atom. The summed E-state index contributed by atoms with van der Waals surface area (Å²) in [6.07, 6.45) is 12.2. The number of fused-ring (bicyclic) bond motifs is 5. The first-order valence-corrected chi connectivity index (χ1v) is 10.2. The summed E-state index contributed by atoms with van der Waals surface area (Å²) >= 11 is 0. The van der Waals surface area contributed by atoms with Crippen LogP contribution < -0.4 is 0 Å². The van der Waals surface area contributed by atoms with Crippen LogP contribution in [0.15, 0.2) is 21.9 Å². The highest BCUT2D eigenvalue weighted by Crippen LogP contribution is 2.68. The Morgan fingerprint density at radius 2 is 1.79 bits per heavy atom. The van der Waals surface area contributed by atoms with E-state index >= 15 is 0 Å². The molecule has 0 aromatic heterocycles. The maximum absolute atomic E-state index is 10.1. The van der Waals surface area contributed by atoms with Crippen molar-refractivity contribution in [3.63, 3.8) is 0 Å². The van der Waals surface area contributed by atoms with Gasteiger partial charge in [-0.2, -0.15) is 10.2 Å². The van der Waals surface area contributed by atoms with Crippen LogP contribution in [0.5, 0.6) is 0 Å². The summed E-state index contributed by atoms with van der Waals surface area (Å²) in [5, 5.41) is 19.0. The molecule has 0 aromatic carbocycles. The number of hydrogen-bond donors (Lipinski definition) is 1. The molecule has 1 heterocycles. The van der Waals surface area contributed by atoms with E-state index in [0.717, 1.165) is 30.6 Å². The Bertz CT molecular complexity index is 619. The van der Waals surface area contributed by atoms with Gasteiger partial charge >= 0.3 is 0 Å². The maximum atomic E-state index is 10.1. The quantitative estimate of drug-likeness (QED) is 0.668. The van der Waals surface area contributed by atoms with Crippen LogP contribution in [-0.4, -0.2) is 16.9 Å². The van der Waals surface area contributed by atoms with E-state index in [1.807, 2.05) is 0 Å². The lowest BCUT2D eigenvalue weighted by atomic mass is 9.47. The first-order valence-electron chi connectivity index (χ1n) is 10.2. The zero-order valence-electron chi connectivity index (χ0n) is 15.5. The van der Waals surface area contributed by atoms with Crippen LogP contribution in [0.4, 0.5) is 0 Å². The van der Waals surface area contributed by atoms with Gasteiger partial charge in [0.2, 0.25) is 0 Å². The van der Waals surface area contributed by atoms with Gasteiger partial charge < -0.3 is 5.11 Å². The van der Waals surface area contributed by atoms with Crippen molar-refractivity contribution >= 4 is 0 Å². The summed E-state index contributed by atoms with van der Waals surface area (Å²) in [6, 6.07) is 0. The molecule has 7 atom stereocenters. The highest BCUT2D eigenvalue weighted by molar-refractivity contribution is 5.26. The number of allylic oxidation sites excluding steroid dienone is 1. The van der Waals surface area contributed by atoms with Crippen LogP contribution in [0.25, 0.3) is 0 Å². The fourth-order valence-corrected chi connectivity index (χ4v) is 7.76. The van der Waals surface area contributed by atoms with Gasteiger partial charge in [0.25, 0.3) is 0 Å². The molecule has 24 heavy (non-hydrogen) atoms. The van der Waals surface area contributed by atoms with Crippen molar-refractivity contribution in [2.45, 2.75) is 83.9 Å². The van der Waals surface area contributed by atoms with Crippen LogP contribution in [-0.2, 0) is 0 Å². The van der Waals surface area contributed by atoms with Crippen LogP contribution in [0, 0.1) is 34.5 Å². The molecule has 0 amide bonds. The molecule has 4 aliphatic carbocycles. The van der Waals surface area contributed by atoms with E-state index in [-0.39, 0.29) is 11.8 Å². The van der Waals surface area contributed by atoms with Crippen molar-refractivity contribution < 1.29 is 5.11 Å². The van der Waals surface area contributed by atoms with E-state index in [1.165, 1.54) is 38.5 Å². The number of rotatable bonds is 1. The summed E-state index contributed by atoms with van der Waals surface area (Å²) in [4.78, 5) is 0. The van der Waals surface area contributed by atoms with Crippen molar-refractivity contribution in [1.82, 2.24) is 0 Å². The minimum Gasteiger partial charge on any atom is -0.393 e. The molecule has 3 heteroatoms. The molecule has 0 unspecified atom stereocenters. The zero-order valence-corrected chi connectivity index (χ0v) is 15.5. The van der Waals surface area contributed by atoms with Crippen molar-refractivity contribution in [3.05, 3.63) is 11.6 Å². The lowest BCUT2D eigenvalue weighted by Crippen LogP contribution is -2.51. The van der Waals surface area contributed by atoms with Gasteiger partial charge in [0.05, 0.1) is 6.10 Å². The molecule has 0 aromatic rings. The predicted molar refractivity (Wildman–Crippen MR) is 94.5 cm³/mol. The molecule has 3 saturated carbocycles. The van der Waals surface area contributed by atoms with Gasteiger partial charge in [-0.1, -0.05) is 25.5 Å². The maximum Gasteiger partial charge on any atom is 0.191 e. The van der Waals surface area contributed by atoms with Gasteiger partial charge in [-0.15, -0.1) is 0 Å². The average Bonchev–Trinajstić information content (AvgIpc) is 3.17. The summed E-state index contributed by atoms with van der Waals surface area (Å²) in [5.74, 6) is 3.20. The van der Waals surface area contributed by atoms with E-state index in [2.05, 4.69) is 37.1 Å². The highest BCUT2D eigenvalue weighted by Gasteiger charge is 2.63. The molecule has 0 bridgehead atoms. The second-order valence-corrected chi connectivity index (χ2v) is 10.1. The topological polar surface area (TPSA) is 45.0 Å². The number of nitrogens with zero attached hydrogens (tertiary/aromatic N) is 2. The van der Waals surface area contributed by atoms with E-state index < -0.39 is 0 Å². The Morgan fingerprint density at radius 1 is 1.00 bits per heavy atom.